The van der Waals surface area contributed by atoms with Gasteiger partial charge in [0.25, 0.3) is 0 Å². The molecule has 1 aromatic carbocycles. The second kappa shape index (κ2) is 10.5. The van der Waals surface area contributed by atoms with Crippen LogP contribution in [0.1, 0.15) is 24.8 Å². The average Bonchev–Trinajstić information content (AvgIpc) is 3.13. The van der Waals surface area contributed by atoms with Crippen molar-refractivity contribution in [2.75, 3.05) is 33.4 Å². The minimum absolute atomic E-state index is 0.103. The Kier molecular flexibility index (Phi) is 8.30. The second-order valence-corrected chi connectivity index (χ2v) is 7.67. The van der Waals surface area contributed by atoms with Crippen molar-refractivity contribution < 1.29 is 17.9 Å². The molecule has 0 saturated carbocycles. The number of nitrogens with two attached hydrogens (primary N) is 1. The summed E-state index contributed by atoms with van der Waals surface area (Å²) in [5.74, 6) is 0.680. The van der Waals surface area contributed by atoms with Gasteiger partial charge in [0.1, 0.15) is 0 Å². The maximum Gasteiger partial charge on any atom is 0.238 e. The summed E-state index contributed by atoms with van der Waals surface area (Å²) in [6.45, 7) is 3.47. The van der Waals surface area contributed by atoms with Gasteiger partial charge in [0, 0.05) is 33.4 Å². The van der Waals surface area contributed by atoms with Gasteiger partial charge in [0.05, 0.1) is 17.6 Å². The number of benzene rings is 1. The first-order valence-electron chi connectivity index (χ1n) is 8.74. The van der Waals surface area contributed by atoms with Crippen LogP contribution in [0.2, 0.25) is 0 Å². The molecule has 1 aliphatic heterocycles. The van der Waals surface area contributed by atoms with Gasteiger partial charge in [-0.2, -0.15) is 0 Å². The number of hydrogen-bond donors (Lipinski definition) is 3. The molecule has 0 spiro atoms. The van der Waals surface area contributed by atoms with Crippen LogP contribution >= 0.6 is 0 Å². The summed E-state index contributed by atoms with van der Waals surface area (Å²) in [4.78, 5) is 4.26. The number of hydrogen-bond acceptors (Lipinski definition) is 5. The van der Waals surface area contributed by atoms with E-state index in [0.29, 0.717) is 25.7 Å². The fourth-order valence-electron chi connectivity index (χ4n) is 2.57. The van der Waals surface area contributed by atoms with Crippen LogP contribution in [0.25, 0.3) is 0 Å². The Morgan fingerprint density at radius 3 is 2.73 bits per heavy atom. The third kappa shape index (κ3) is 7.28. The van der Waals surface area contributed by atoms with Crippen LogP contribution in [-0.2, 0) is 26.0 Å². The molecule has 2 rings (SSSR count). The number of rotatable bonds is 9. The second-order valence-electron chi connectivity index (χ2n) is 6.10. The molecule has 1 saturated heterocycles. The van der Waals surface area contributed by atoms with Crippen LogP contribution < -0.4 is 15.8 Å². The van der Waals surface area contributed by atoms with E-state index in [1.807, 2.05) is 0 Å². The van der Waals surface area contributed by atoms with E-state index in [1.54, 1.807) is 19.2 Å². The average molecular weight is 385 g/mol. The summed E-state index contributed by atoms with van der Waals surface area (Å²) >= 11 is 0. The smallest absolute Gasteiger partial charge is 0.238 e. The summed E-state index contributed by atoms with van der Waals surface area (Å²) < 4.78 is 33.6. The lowest BCUT2D eigenvalue weighted by atomic mass is 10.2. The molecular formula is C17H28N4O4S. The summed E-state index contributed by atoms with van der Waals surface area (Å²) in [6, 6.07) is 6.43. The standard InChI is InChI=1S/C17H28N4O4S/c1-19-17(20-9-3-10-24-13-15-4-2-11-25-15)21-12-14-5-7-16(8-6-14)26(18,22)23/h5-8,15H,2-4,9-13H2,1H3,(H2,18,22,23)(H2,19,20,21). The molecule has 0 bridgehead atoms. The van der Waals surface area contributed by atoms with Crippen LogP contribution in [-0.4, -0.2) is 53.9 Å². The van der Waals surface area contributed by atoms with Gasteiger partial charge in [0.15, 0.2) is 5.96 Å². The van der Waals surface area contributed by atoms with Gasteiger partial charge in [0.2, 0.25) is 10.0 Å². The third-order valence-corrected chi connectivity index (χ3v) is 4.95. The quantitative estimate of drug-likeness (QED) is 0.326. The molecule has 1 aromatic rings. The van der Waals surface area contributed by atoms with Gasteiger partial charge in [-0.1, -0.05) is 12.1 Å². The molecule has 26 heavy (non-hydrogen) atoms. The summed E-state index contributed by atoms with van der Waals surface area (Å²) in [5.41, 5.74) is 0.931. The Labute approximate surface area is 155 Å². The van der Waals surface area contributed by atoms with Gasteiger partial charge in [-0.3, -0.25) is 4.99 Å². The van der Waals surface area contributed by atoms with Gasteiger partial charge < -0.3 is 20.1 Å². The highest BCUT2D eigenvalue weighted by atomic mass is 32.2. The molecular weight excluding hydrogens is 356 g/mol. The normalized spacial score (nSPS) is 18.1. The molecule has 1 heterocycles. The number of sulfonamides is 1. The topological polar surface area (TPSA) is 115 Å². The van der Waals surface area contributed by atoms with E-state index in [4.69, 9.17) is 14.6 Å². The molecule has 9 heteroatoms. The van der Waals surface area contributed by atoms with Crippen molar-refractivity contribution in [2.45, 2.75) is 36.8 Å². The van der Waals surface area contributed by atoms with Gasteiger partial charge in [-0.15, -0.1) is 0 Å². The molecule has 0 aromatic heterocycles. The molecule has 0 radical (unpaired) electrons. The number of primary sulfonamides is 1. The molecule has 4 N–H and O–H groups in total. The van der Waals surface area contributed by atoms with E-state index in [-0.39, 0.29) is 11.0 Å². The van der Waals surface area contributed by atoms with E-state index in [9.17, 15) is 8.42 Å². The Hall–Kier alpha value is -1.68. The van der Waals surface area contributed by atoms with E-state index >= 15 is 0 Å². The molecule has 146 valence electrons. The summed E-state index contributed by atoms with van der Waals surface area (Å²) in [7, 11) is -1.96. The maximum atomic E-state index is 11.2. The van der Waals surface area contributed by atoms with E-state index in [1.165, 1.54) is 12.1 Å². The van der Waals surface area contributed by atoms with E-state index in [0.717, 1.165) is 38.0 Å². The predicted octanol–water partition coefficient (Wildman–Crippen LogP) is 0.585. The fourth-order valence-corrected chi connectivity index (χ4v) is 3.09. The van der Waals surface area contributed by atoms with E-state index < -0.39 is 10.0 Å². The van der Waals surface area contributed by atoms with Crippen molar-refractivity contribution in [1.82, 2.24) is 10.6 Å². The van der Waals surface area contributed by atoms with Crippen molar-refractivity contribution in [2.24, 2.45) is 10.1 Å². The van der Waals surface area contributed by atoms with Crippen LogP contribution in [0.4, 0.5) is 0 Å². The number of guanidine groups is 1. The van der Waals surface area contributed by atoms with Crippen molar-refractivity contribution in [3.8, 4) is 0 Å². The van der Waals surface area contributed by atoms with Crippen LogP contribution in [0.3, 0.4) is 0 Å². The summed E-state index contributed by atoms with van der Waals surface area (Å²) in [5, 5.41) is 11.5. The SMILES string of the molecule is CN=C(NCCCOCC1CCCO1)NCc1ccc(S(N)(=O)=O)cc1. The van der Waals surface area contributed by atoms with Gasteiger partial charge >= 0.3 is 0 Å². The zero-order valence-electron chi connectivity index (χ0n) is 15.1. The Morgan fingerprint density at radius 2 is 2.12 bits per heavy atom. The Bertz CT molecular complexity index is 671. The maximum absolute atomic E-state index is 11.2. The van der Waals surface area contributed by atoms with Crippen molar-refractivity contribution in [3.63, 3.8) is 0 Å². The lowest BCUT2D eigenvalue weighted by Crippen LogP contribution is -2.37. The van der Waals surface area contributed by atoms with Crippen LogP contribution in [0, 0.1) is 0 Å². The molecule has 1 unspecified atom stereocenters. The van der Waals surface area contributed by atoms with Crippen molar-refractivity contribution >= 4 is 16.0 Å². The van der Waals surface area contributed by atoms with Crippen molar-refractivity contribution in [1.29, 1.82) is 0 Å². The highest BCUT2D eigenvalue weighted by molar-refractivity contribution is 7.89. The van der Waals surface area contributed by atoms with E-state index in [2.05, 4.69) is 15.6 Å². The van der Waals surface area contributed by atoms with Crippen LogP contribution in [0.5, 0.6) is 0 Å². The molecule has 8 nitrogen and oxygen atoms in total. The molecule has 1 fully saturated rings. The Balaban J connectivity index is 1.61. The zero-order valence-corrected chi connectivity index (χ0v) is 15.9. The number of nitrogens with one attached hydrogen (secondary N) is 2. The first-order chi connectivity index (χ1) is 12.5. The fraction of sp³-hybridized carbons (Fsp3) is 0.588. The summed E-state index contributed by atoms with van der Waals surface area (Å²) in [6.07, 6.45) is 3.35. The van der Waals surface area contributed by atoms with Crippen molar-refractivity contribution in [3.05, 3.63) is 29.8 Å². The lowest BCUT2D eigenvalue weighted by molar-refractivity contribution is 0.0168. The number of ether oxygens (including phenoxy) is 2. The Morgan fingerprint density at radius 1 is 1.35 bits per heavy atom. The zero-order chi connectivity index (χ0) is 18.8. The molecule has 0 aliphatic carbocycles. The number of nitrogens with zero attached hydrogens (tertiary/aromatic N) is 1. The first kappa shape index (κ1) is 20.6. The van der Waals surface area contributed by atoms with Gasteiger partial charge in [-0.25, -0.2) is 13.6 Å². The third-order valence-electron chi connectivity index (χ3n) is 4.02. The lowest BCUT2D eigenvalue weighted by Gasteiger charge is -2.13. The number of aliphatic imine (C=N–C) groups is 1. The monoisotopic (exact) mass is 384 g/mol. The largest absolute Gasteiger partial charge is 0.379 e. The van der Waals surface area contributed by atoms with Crippen LogP contribution in [0.15, 0.2) is 34.2 Å². The highest BCUT2D eigenvalue weighted by Gasteiger charge is 2.14. The highest BCUT2D eigenvalue weighted by Crippen LogP contribution is 2.11. The molecule has 1 aliphatic rings. The first-order valence-corrected chi connectivity index (χ1v) is 10.3. The van der Waals surface area contributed by atoms with Gasteiger partial charge in [-0.05, 0) is 37.0 Å². The minimum Gasteiger partial charge on any atom is -0.379 e. The minimum atomic E-state index is -3.66. The molecule has 1 atom stereocenters. The molecule has 0 amide bonds. The predicted molar refractivity (Wildman–Crippen MR) is 100 cm³/mol.